The van der Waals surface area contributed by atoms with Gasteiger partial charge >= 0.3 is 5.97 Å². The van der Waals surface area contributed by atoms with Crippen molar-refractivity contribution >= 4 is 11.5 Å². The summed E-state index contributed by atoms with van der Waals surface area (Å²) in [6.45, 7) is 3.37. The Balaban J connectivity index is 2.98. The van der Waals surface area contributed by atoms with Gasteiger partial charge in [-0.2, -0.15) is 0 Å². The van der Waals surface area contributed by atoms with Crippen molar-refractivity contribution in [2.24, 2.45) is 0 Å². The molecule has 0 aliphatic rings. The summed E-state index contributed by atoms with van der Waals surface area (Å²) in [6, 6.07) is 5.85. The van der Waals surface area contributed by atoms with Crippen LogP contribution in [0.1, 0.15) is 5.56 Å². The van der Waals surface area contributed by atoms with Crippen LogP contribution in [-0.2, 0) is 4.79 Å². The van der Waals surface area contributed by atoms with Crippen molar-refractivity contribution in [1.29, 1.82) is 0 Å². The largest absolute Gasteiger partial charge is 0.508 e. The quantitative estimate of drug-likeness (QED) is 0.651. The Bertz CT molecular complexity index is 311. The smallest absolute Gasteiger partial charge is 0.335 e. The first kappa shape index (κ1) is 8.33. The second-order valence-corrected chi connectivity index (χ2v) is 2.33. The van der Waals surface area contributed by atoms with E-state index in [0.29, 0.717) is 5.56 Å². The van der Waals surface area contributed by atoms with Gasteiger partial charge in [-0.1, -0.05) is 18.7 Å². The van der Waals surface area contributed by atoms with E-state index < -0.39 is 5.97 Å². The van der Waals surface area contributed by atoms with Crippen molar-refractivity contribution in [3.63, 3.8) is 0 Å². The van der Waals surface area contributed by atoms with Crippen LogP contribution in [0, 0.1) is 0 Å². The Labute approximate surface area is 69.6 Å². The first-order valence-corrected chi connectivity index (χ1v) is 3.33. The molecule has 0 aliphatic heterocycles. The number of carboxylic acids is 1. The van der Waals surface area contributed by atoms with Crippen LogP contribution in [0.2, 0.25) is 0 Å². The number of aliphatic carboxylic acids is 1. The van der Waals surface area contributed by atoms with E-state index in [-0.39, 0.29) is 11.3 Å². The molecule has 0 unspecified atom stereocenters. The van der Waals surface area contributed by atoms with Gasteiger partial charge in [-0.15, -0.1) is 0 Å². The zero-order valence-electron chi connectivity index (χ0n) is 6.32. The van der Waals surface area contributed by atoms with Crippen LogP contribution in [0.5, 0.6) is 5.75 Å². The number of benzene rings is 1. The molecule has 0 spiro atoms. The third-order valence-electron chi connectivity index (χ3n) is 1.47. The van der Waals surface area contributed by atoms with Gasteiger partial charge in [0, 0.05) is 0 Å². The number of phenolic OH excluding ortho intramolecular Hbond substituents is 1. The standard InChI is InChI=1S/C9H8O3/c1-6(9(11)12)7-2-4-8(10)5-3-7/h2-5,10H,1H2,(H,11,12). The van der Waals surface area contributed by atoms with Gasteiger partial charge in [0.25, 0.3) is 0 Å². The number of carboxylic acid groups (broad SMARTS) is 1. The van der Waals surface area contributed by atoms with E-state index in [1.807, 2.05) is 0 Å². The van der Waals surface area contributed by atoms with E-state index in [1.165, 1.54) is 24.3 Å². The molecule has 0 bridgehead atoms. The van der Waals surface area contributed by atoms with Crippen LogP contribution in [0.25, 0.3) is 5.57 Å². The molecule has 1 rings (SSSR count). The van der Waals surface area contributed by atoms with E-state index in [9.17, 15) is 4.79 Å². The van der Waals surface area contributed by atoms with Gasteiger partial charge in [-0.3, -0.25) is 0 Å². The van der Waals surface area contributed by atoms with Gasteiger partial charge in [-0.25, -0.2) is 4.79 Å². The van der Waals surface area contributed by atoms with E-state index in [0.717, 1.165) is 0 Å². The highest BCUT2D eigenvalue weighted by Gasteiger charge is 2.05. The van der Waals surface area contributed by atoms with Gasteiger partial charge in [0.05, 0.1) is 5.57 Å². The fraction of sp³-hybridized carbons (Fsp3) is 0. The van der Waals surface area contributed by atoms with Gasteiger partial charge < -0.3 is 10.2 Å². The molecule has 12 heavy (non-hydrogen) atoms. The summed E-state index contributed by atoms with van der Waals surface area (Å²) in [5.74, 6) is -0.947. The molecule has 62 valence electrons. The average Bonchev–Trinajstić information content (AvgIpc) is 2.04. The lowest BCUT2D eigenvalue weighted by Crippen LogP contribution is -1.97. The monoisotopic (exact) mass is 164 g/mol. The van der Waals surface area contributed by atoms with Crippen molar-refractivity contribution in [2.45, 2.75) is 0 Å². The molecule has 2 N–H and O–H groups in total. The Morgan fingerprint density at radius 2 is 1.75 bits per heavy atom. The van der Waals surface area contributed by atoms with Gasteiger partial charge in [0.1, 0.15) is 5.75 Å². The second kappa shape index (κ2) is 3.09. The van der Waals surface area contributed by atoms with Crippen LogP contribution in [0.3, 0.4) is 0 Å². The van der Waals surface area contributed by atoms with Crippen molar-refractivity contribution in [1.82, 2.24) is 0 Å². The topological polar surface area (TPSA) is 57.5 Å². The second-order valence-electron chi connectivity index (χ2n) is 2.33. The number of hydrogen-bond donors (Lipinski definition) is 2. The first-order valence-electron chi connectivity index (χ1n) is 3.33. The highest BCUT2D eigenvalue weighted by molar-refractivity contribution is 6.14. The van der Waals surface area contributed by atoms with Crippen LogP contribution in [0.15, 0.2) is 30.8 Å². The third kappa shape index (κ3) is 1.63. The van der Waals surface area contributed by atoms with Gasteiger partial charge in [0.2, 0.25) is 0 Å². The highest BCUT2D eigenvalue weighted by Crippen LogP contribution is 2.16. The van der Waals surface area contributed by atoms with Crippen LogP contribution >= 0.6 is 0 Å². The lowest BCUT2D eigenvalue weighted by molar-refractivity contribution is -0.130. The summed E-state index contributed by atoms with van der Waals surface area (Å²) < 4.78 is 0. The third-order valence-corrected chi connectivity index (χ3v) is 1.47. The molecule has 0 aliphatic carbocycles. The molecule has 0 atom stereocenters. The lowest BCUT2D eigenvalue weighted by atomic mass is 10.1. The Kier molecular flexibility index (Phi) is 2.14. The number of carbonyl (C=O) groups is 1. The summed E-state index contributed by atoms with van der Waals surface area (Å²) in [6.07, 6.45) is 0. The van der Waals surface area contributed by atoms with Crippen molar-refractivity contribution in [2.75, 3.05) is 0 Å². The molecule has 0 saturated heterocycles. The van der Waals surface area contributed by atoms with E-state index in [2.05, 4.69) is 6.58 Å². The fourth-order valence-electron chi connectivity index (χ4n) is 0.786. The fourth-order valence-corrected chi connectivity index (χ4v) is 0.786. The van der Waals surface area contributed by atoms with E-state index >= 15 is 0 Å². The zero-order chi connectivity index (χ0) is 9.14. The molecule has 3 heteroatoms. The maximum absolute atomic E-state index is 10.4. The summed E-state index contributed by atoms with van der Waals surface area (Å²) in [4.78, 5) is 10.4. The molecule has 0 heterocycles. The summed E-state index contributed by atoms with van der Waals surface area (Å²) >= 11 is 0. The number of hydrogen-bond acceptors (Lipinski definition) is 2. The molecule has 1 aromatic carbocycles. The first-order chi connectivity index (χ1) is 5.61. The number of rotatable bonds is 2. The normalized spacial score (nSPS) is 9.33. The van der Waals surface area contributed by atoms with Crippen molar-refractivity contribution < 1.29 is 15.0 Å². The summed E-state index contributed by atoms with van der Waals surface area (Å²) in [5.41, 5.74) is 0.523. The average molecular weight is 164 g/mol. The molecule has 0 saturated carbocycles. The van der Waals surface area contributed by atoms with Crippen LogP contribution in [0.4, 0.5) is 0 Å². The molecule has 0 fully saturated rings. The maximum Gasteiger partial charge on any atom is 0.335 e. The van der Waals surface area contributed by atoms with Crippen molar-refractivity contribution in [3.8, 4) is 5.75 Å². The molecule has 1 aromatic rings. The zero-order valence-corrected chi connectivity index (χ0v) is 6.32. The minimum Gasteiger partial charge on any atom is -0.508 e. The molecule has 3 nitrogen and oxygen atoms in total. The molecular formula is C9H8O3. The Hall–Kier alpha value is -1.77. The number of phenols is 1. The SMILES string of the molecule is C=C(C(=O)O)c1ccc(O)cc1. The summed E-state index contributed by atoms with van der Waals surface area (Å²) in [5, 5.41) is 17.4. The van der Waals surface area contributed by atoms with Crippen LogP contribution < -0.4 is 0 Å². The predicted molar refractivity (Wildman–Crippen MR) is 44.8 cm³/mol. The molecule has 0 radical (unpaired) electrons. The van der Waals surface area contributed by atoms with E-state index in [1.54, 1.807) is 0 Å². The van der Waals surface area contributed by atoms with E-state index in [4.69, 9.17) is 10.2 Å². The predicted octanol–water partition coefficient (Wildman–Crippen LogP) is 1.49. The molecular weight excluding hydrogens is 156 g/mol. The van der Waals surface area contributed by atoms with Crippen LogP contribution in [-0.4, -0.2) is 16.2 Å². The van der Waals surface area contributed by atoms with Gasteiger partial charge in [0.15, 0.2) is 0 Å². The highest BCUT2D eigenvalue weighted by atomic mass is 16.4. The lowest BCUT2D eigenvalue weighted by Gasteiger charge is -1.99. The molecule has 0 amide bonds. The Morgan fingerprint density at radius 3 is 2.17 bits per heavy atom. The van der Waals surface area contributed by atoms with Gasteiger partial charge in [-0.05, 0) is 17.7 Å². The Morgan fingerprint density at radius 1 is 1.25 bits per heavy atom. The summed E-state index contributed by atoms with van der Waals surface area (Å²) in [7, 11) is 0. The molecule has 0 aromatic heterocycles. The number of aromatic hydroxyl groups is 1. The van der Waals surface area contributed by atoms with Crippen molar-refractivity contribution in [3.05, 3.63) is 36.4 Å². The minimum atomic E-state index is -1.05. The maximum atomic E-state index is 10.4. The minimum absolute atomic E-state index is 0.0231.